The molecule has 0 radical (unpaired) electrons. The van der Waals surface area contributed by atoms with E-state index in [1.807, 2.05) is 24.3 Å². The fraction of sp³-hybridized carbons (Fsp3) is 0.293. The predicted octanol–water partition coefficient (Wildman–Crippen LogP) is 5.53. The molecule has 7 rings (SSSR count). The molecule has 2 heterocycles. The predicted molar refractivity (Wildman–Crippen MR) is 194 cm³/mol. The van der Waals surface area contributed by atoms with Crippen LogP contribution in [0.25, 0.3) is 6.08 Å². The fourth-order valence-corrected chi connectivity index (χ4v) is 7.33. The molecule has 13 heteroatoms. The maximum Gasteiger partial charge on any atom is 0.310 e. The Morgan fingerprint density at radius 3 is 2.07 bits per heavy atom. The molecule has 4 atom stereocenters. The zero-order valence-corrected chi connectivity index (χ0v) is 30.3. The normalized spacial score (nSPS) is 19.3. The Labute approximate surface area is 311 Å². The first-order valence-electron chi connectivity index (χ1n) is 17.1. The third-order valence-corrected chi connectivity index (χ3v) is 9.91. The summed E-state index contributed by atoms with van der Waals surface area (Å²) >= 11 is 0. The second-order valence-corrected chi connectivity index (χ2v) is 12.8. The van der Waals surface area contributed by atoms with Crippen molar-refractivity contribution in [2.24, 2.45) is 11.8 Å². The van der Waals surface area contributed by atoms with Gasteiger partial charge >= 0.3 is 5.97 Å². The van der Waals surface area contributed by atoms with E-state index in [4.69, 9.17) is 42.6 Å². The van der Waals surface area contributed by atoms with Crippen molar-refractivity contribution in [3.63, 3.8) is 0 Å². The maximum absolute atomic E-state index is 13.6. The van der Waals surface area contributed by atoms with E-state index in [2.05, 4.69) is 5.32 Å². The van der Waals surface area contributed by atoms with Crippen LogP contribution in [0.15, 0.2) is 72.8 Å². The smallest absolute Gasteiger partial charge is 0.310 e. The number of benzene rings is 4. The van der Waals surface area contributed by atoms with Crippen molar-refractivity contribution in [1.29, 1.82) is 0 Å². The Hall–Kier alpha value is -6.37. The molecule has 0 spiro atoms. The average molecular weight is 738 g/mol. The van der Waals surface area contributed by atoms with Gasteiger partial charge in [-0.2, -0.15) is 0 Å². The molecule has 4 aromatic carbocycles. The Morgan fingerprint density at radius 1 is 0.759 bits per heavy atom. The number of amides is 1. The van der Waals surface area contributed by atoms with Crippen molar-refractivity contribution in [2.75, 3.05) is 55.6 Å². The number of rotatable bonds is 13. The lowest BCUT2D eigenvalue weighted by Gasteiger charge is -2.39. The Kier molecular flexibility index (Phi) is 10.2. The molecule has 0 saturated carbocycles. The number of esters is 1. The van der Waals surface area contributed by atoms with Crippen LogP contribution in [-0.4, -0.2) is 73.2 Å². The summed E-state index contributed by atoms with van der Waals surface area (Å²) < 4.78 is 50.6. The summed E-state index contributed by atoms with van der Waals surface area (Å²) in [7, 11) is 7.66. The van der Waals surface area contributed by atoms with Gasteiger partial charge in [0.1, 0.15) is 17.2 Å². The van der Waals surface area contributed by atoms with Crippen LogP contribution in [0.3, 0.4) is 0 Å². The standard InChI is InChI=1S/C41H39NO12/c1-46-25-10-6-22(7-11-25)30(43)13-9-23-8-12-26(16-31(23)47-2)51-20-36(44)42-39-28-18-33-32(53-21-54-33)17-27(28)37(38-29(39)19-52-41(38)45)24-14-34(48-3)40(50-5)35(15-24)49-4/h6-18,29,37-39H,19-21H2,1-5H3,(H,42,44)/b13-9+/t29-,37+,38-,39+/m0/s1. The first kappa shape index (κ1) is 36.0. The van der Waals surface area contributed by atoms with Gasteiger partial charge < -0.3 is 47.9 Å². The molecule has 280 valence electrons. The van der Waals surface area contributed by atoms with E-state index in [0.29, 0.717) is 57.1 Å². The van der Waals surface area contributed by atoms with Crippen LogP contribution in [0.4, 0.5) is 0 Å². The minimum atomic E-state index is -0.659. The van der Waals surface area contributed by atoms with Gasteiger partial charge in [-0.3, -0.25) is 14.4 Å². The molecule has 2 aliphatic heterocycles. The van der Waals surface area contributed by atoms with E-state index in [0.717, 1.165) is 16.7 Å². The van der Waals surface area contributed by atoms with Crippen molar-refractivity contribution in [3.05, 3.63) is 101 Å². The molecule has 1 fully saturated rings. The molecule has 54 heavy (non-hydrogen) atoms. The Morgan fingerprint density at radius 2 is 1.43 bits per heavy atom. The zero-order chi connectivity index (χ0) is 37.9. The number of ether oxygens (including phenoxy) is 9. The maximum atomic E-state index is 13.6. The van der Waals surface area contributed by atoms with Crippen LogP contribution in [-0.2, 0) is 14.3 Å². The third-order valence-electron chi connectivity index (χ3n) is 9.91. The highest BCUT2D eigenvalue weighted by atomic mass is 16.7. The lowest BCUT2D eigenvalue weighted by Crippen LogP contribution is -2.44. The Bertz CT molecular complexity index is 2080. The number of nitrogens with one attached hydrogen (secondary N) is 1. The number of hydrogen-bond donors (Lipinski definition) is 1. The van der Waals surface area contributed by atoms with Gasteiger partial charge in [-0.1, -0.05) is 0 Å². The van der Waals surface area contributed by atoms with Crippen LogP contribution in [0, 0.1) is 11.8 Å². The zero-order valence-electron chi connectivity index (χ0n) is 30.3. The van der Waals surface area contributed by atoms with E-state index < -0.39 is 29.7 Å². The summed E-state index contributed by atoms with van der Waals surface area (Å²) in [6, 6.07) is 18.6. The van der Waals surface area contributed by atoms with Crippen LogP contribution in [0.5, 0.6) is 46.0 Å². The monoisotopic (exact) mass is 737 g/mol. The summed E-state index contributed by atoms with van der Waals surface area (Å²) in [5.74, 6) is 1.28. The first-order valence-corrected chi connectivity index (χ1v) is 17.1. The Balaban J connectivity index is 1.12. The molecule has 0 aromatic heterocycles. The van der Waals surface area contributed by atoms with Gasteiger partial charge in [0.15, 0.2) is 35.4 Å². The molecule has 1 saturated heterocycles. The number of methoxy groups -OCH3 is 5. The van der Waals surface area contributed by atoms with Gasteiger partial charge in [-0.25, -0.2) is 0 Å². The second-order valence-electron chi connectivity index (χ2n) is 12.8. The van der Waals surface area contributed by atoms with E-state index in [1.165, 1.54) is 34.5 Å². The number of ketones is 1. The summed E-state index contributed by atoms with van der Waals surface area (Å²) in [5, 5.41) is 3.11. The second kappa shape index (κ2) is 15.3. The first-order chi connectivity index (χ1) is 26.3. The third kappa shape index (κ3) is 6.80. The van der Waals surface area contributed by atoms with E-state index >= 15 is 0 Å². The van der Waals surface area contributed by atoms with Crippen LogP contribution in [0.1, 0.15) is 44.6 Å². The number of hydrogen-bond acceptors (Lipinski definition) is 12. The van der Waals surface area contributed by atoms with Crippen molar-refractivity contribution in [3.8, 4) is 46.0 Å². The van der Waals surface area contributed by atoms with Crippen molar-refractivity contribution in [2.45, 2.75) is 12.0 Å². The highest BCUT2D eigenvalue weighted by Crippen LogP contribution is 2.55. The van der Waals surface area contributed by atoms with E-state index in [-0.39, 0.29) is 31.8 Å². The number of carbonyl (C=O) groups is 3. The fourth-order valence-electron chi connectivity index (χ4n) is 7.33. The van der Waals surface area contributed by atoms with Gasteiger partial charge in [0.05, 0.1) is 54.1 Å². The molecule has 4 aromatic rings. The molecular formula is C41H39NO12. The molecular weight excluding hydrogens is 698 g/mol. The van der Waals surface area contributed by atoms with Crippen molar-refractivity contribution < 1.29 is 57.0 Å². The lowest BCUT2D eigenvalue weighted by molar-refractivity contribution is -0.141. The topological polar surface area (TPSA) is 146 Å². The largest absolute Gasteiger partial charge is 0.497 e. The molecule has 0 unspecified atom stereocenters. The molecule has 13 nitrogen and oxygen atoms in total. The average Bonchev–Trinajstić information content (AvgIpc) is 3.83. The SMILES string of the molecule is COc1ccc(C(=O)/C=C/c2ccc(OCC(=O)N[C@@H]3c4cc5c(cc4[C@@H](c4cc(OC)c(OC)c(OC)c4)[C@H]4C(=O)OC[C@@H]43)OCO5)cc2OC)cc1. The lowest BCUT2D eigenvalue weighted by atomic mass is 9.65. The van der Waals surface area contributed by atoms with Crippen LogP contribution in [0.2, 0.25) is 0 Å². The van der Waals surface area contributed by atoms with Gasteiger partial charge in [0.25, 0.3) is 5.91 Å². The minimum Gasteiger partial charge on any atom is -0.497 e. The van der Waals surface area contributed by atoms with Crippen LogP contribution < -0.4 is 43.2 Å². The van der Waals surface area contributed by atoms with E-state index in [9.17, 15) is 14.4 Å². The van der Waals surface area contributed by atoms with Crippen LogP contribution >= 0.6 is 0 Å². The summed E-state index contributed by atoms with van der Waals surface area (Å²) in [6.45, 7) is -0.186. The van der Waals surface area contributed by atoms with Gasteiger partial charge in [-0.15, -0.1) is 0 Å². The highest BCUT2D eigenvalue weighted by molar-refractivity contribution is 6.07. The van der Waals surface area contributed by atoms with Crippen molar-refractivity contribution >= 4 is 23.7 Å². The molecule has 3 aliphatic rings. The number of fused-ring (bicyclic) bond motifs is 3. The van der Waals surface area contributed by atoms with Gasteiger partial charge in [-0.05, 0) is 89.5 Å². The summed E-state index contributed by atoms with van der Waals surface area (Å²) in [5.41, 5.74) is 3.42. The number of allylic oxidation sites excluding steroid dienone is 1. The molecule has 1 aliphatic carbocycles. The summed E-state index contributed by atoms with van der Waals surface area (Å²) in [6.07, 6.45) is 3.11. The highest BCUT2D eigenvalue weighted by Gasteiger charge is 2.53. The molecule has 1 N–H and O–H groups in total. The van der Waals surface area contributed by atoms with E-state index in [1.54, 1.807) is 55.7 Å². The number of cyclic esters (lactones) is 1. The van der Waals surface area contributed by atoms with Gasteiger partial charge in [0.2, 0.25) is 12.5 Å². The summed E-state index contributed by atoms with van der Waals surface area (Å²) in [4.78, 5) is 39.9. The minimum absolute atomic E-state index is 0.0455. The van der Waals surface area contributed by atoms with Gasteiger partial charge in [0, 0.05) is 29.0 Å². The quantitative estimate of drug-likeness (QED) is 0.105. The molecule has 0 bridgehead atoms. The molecule has 1 amide bonds. The van der Waals surface area contributed by atoms with Crippen molar-refractivity contribution in [1.82, 2.24) is 5.32 Å². The number of carbonyl (C=O) groups excluding carboxylic acids is 3.